The molecule has 2 aliphatic rings. The highest BCUT2D eigenvalue weighted by atomic mass is 16.5. The van der Waals surface area contributed by atoms with Crippen LogP contribution in [0.3, 0.4) is 0 Å². The van der Waals surface area contributed by atoms with E-state index in [1.807, 2.05) is 4.90 Å². The molecule has 0 aliphatic carbocycles. The summed E-state index contributed by atoms with van der Waals surface area (Å²) in [4.78, 5) is 25.3. The third-order valence-corrected chi connectivity index (χ3v) is 3.34. The van der Waals surface area contributed by atoms with Crippen molar-refractivity contribution in [1.29, 1.82) is 0 Å². The van der Waals surface area contributed by atoms with Crippen LogP contribution in [0, 0.1) is 0 Å². The predicted molar refractivity (Wildman–Crippen MR) is 66.1 cm³/mol. The third kappa shape index (κ3) is 3.68. The monoisotopic (exact) mass is 255 g/mol. The second kappa shape index (κ2) is 6.70. The Bertz CT molecular complexity index is 297. The van der Waals surface area contributed by atoms with E-state index in [0.29, 0.717) is 32.7 Å². The molecule has 0 spiro atoms. The van der Waals surface area contributed by atoms with Crippen LogP contribution < -0.4 is 10.6 Å². The molecular weight excluding hydrogens is 234 g/mol. The van der Waals surface area contributed by atoms with E-state index in [2.05, 4.69) is 10.6 Å². The molecule has 2 fully saturated rings. The molecule has 0 bridgehead atoms. The Morgan fingerprint density at radius 2 is 2.11 bits per heavy atom. The lowest BCUT2D eigenvalue weighted by Crippen LogP contribution is -2.51. The maximum absolute atomic E-state index is 11.7. The Morgan fingerprint density at radius 3 is 2.78 bits per heavy atom. The number of likely N-dealkylation sites (tertiary alicyclic amines) is 1. The number of amides is 2. The molecule has 2 N–H and O–H groups in total. The standard InChI is InChI=1S/C12H21N3O3/c16-11(15-6-1-2-7-15)3-4-14-12(17)10-9-18-8-5-13-10/h10,13H,1-9H2,(H,14,17). The topological polar surface area (TPSA) is 70.7 Å². The summed E-state index contributed by atoms with van der Waals surface area (Å²) in [5, 5.41) is 5.86. The Kier molecular flexibility index (Phi) is 4.95. The molecule has 102 valence electrons. The van der Waals surface area contributed by atoms with E-state index in [0.717, 1.165) is 25.9 Å². The Morgan fingerprint density at radius 1 is 1.33 bits per heavy atom. The lowest BCUT2D eigenvalue weighted by molar-refractivity contribution is -0.130. The molecule has 0 radical (unpaired) electrons. The fourth-order valence-electron chi connectivity index (χ4n) is 2.27. The van der Waals surface area contributed by atoms with Crippen molar-refractivity contribution in [3.05, 3.63) is 0 Å². The van der Waals surface area contributed by atoms with Gasteiger partial charge in [0.2, 0.25) is 11.8 Å². The summed E-state index contributed by atoms with van der Waals surface area (Å²) in [6, 6.07) is -0.277. The molecule has 2 heterocycles. The molecule has 2 rings (SSSR count). The van der Waals surface area contributed by atoms with Gasteiger partial charge in [-0.15, -0.1) is 0 Å². The van der Waals surface area contributed by atoms with Gasteiger partial charge in [-0.2, -0.15) is 0 Å². The molecular formula is C12H21N3O3. The van der Waals surface area contributed by atoms with Gasteiger partial charge in [0.15, 0.2) is 0 Å². The average Bonchev–Trinajstić information content (AvgIpc) is 2.93. The van der Waals surface area contributed by atoms with Crippen LogP contribution in [0.1, 0.15) is 19.3 Å². The first-order chi connectivity index (χ1) is 8.77. The van der Waals surface area contributed by atoms with Crippen molar-refractivity contribution in [2.75, 3.05) is 39.4 Å². The second-order valence-corrected chi connectivity index (χ2v) is 4.71. The number of carbonyl (C=O) groups excluding carboxylic acids is 2. The summed E-state index contributed by atoms with van der Waals surface area (Å²) in [7, 11) is 0. The van der Waals surface area contributed by atoms with Gasteiger partial charge in [0, 0.05) is 32.6 Å². The molecule has 6 heteroatoms. The molecule has 0 aromatic heterocycles. The van der Waals surface area contributed by atoms with E-state index >= 15 is 0 Å². The highest BCUT2D eigenvalue weighted by Crippen LogP contribution is 2.08. The van der Waals surface area contributed by atoms with Gasteiger partial charge in [-0.25, -0.2) is 0 Å². The molecule has 6 nitrogen and oxygen atoms in total. The van der Waals surface area contributed by atoms with E-state index in [1.165, 1.54) is 0 Å². The fraction of sp³-hybridized carbons (Fsp3) is 0.833. The largest absolute Gasteiger partial charge is 0.378 e. The zero-order valence-electron chi connectivity index (χ0n) is 10.6. The van der Waals surface area contributed by atoms with Crippen molar-refractivity contribution in [3.63, 3.8) is 0 Å². The van der Waals surface area contributed by atoms with E-state index in [9.17, 15) is 9.59 Å². The fourth-order valence-corrected chi connectivity index (χ4v) is 2.27. The number of hydrogen-bond acceptors (Lipinski definition) is 4. The van der Waals surface area contributed by atoms with Crippen LogP contribution in [0.15, 0.2) is 0 Å². The van der Waals surface area contributed by atoms with E-state index < -0.39 is 0 Å². The van der Waals surface area contributed by atoms with Crippen molar-refractivity contribution < 1.29 is 14.3 Å². The quantitative estimate of drug-likeness (QED) is 0.683. The van der Waals surface area contributed by atoms with E-state index in [1.54, 1.807) is 0 Å². The number of carbonyl (C=O) groups is 2. The van der Waals surface area contributed by atoms with Gasteiger partial charge in [0.25, 0.3) is 0 Å². The molecule has 2 saturated heterocycles. The summed E-state index contributed by atoms with van der Waals surface area (Å²) < 4.78 is 5.21. The second-order valence-electron chi connectivity index (χ2n) is 4.71. The van der Waals surface area contributed by atoms with Crippen molar-refractivity contribution in [2.45, 2.75) is 25.3 Å². The van der Waals surface area contributed by atoms with Crippen molar-refractivity contribution in [3.8, 4) is 0 Å². The van der Waals surface area contributed by atoms with Gasteiger partial charge >= 0.3 is 0 Å². The van der Waals surface area contributed by atoms with Gasteiger partial charge in [-0.3, -0.25) is 9.59 Å². The van der Waals surface area contributed by atoms with Crippen LogP contribution in [0.5, 0.6) is 0 Å². The first kappa shape index (κ1) is 13.3. The summed E-state index contributed by atoms with van der Waals surface area (Å²) in [5.74, 6) is 0.0598. The Hall–Kier alpha value is -1.14. The van der Waals surface area contributed by atoms with Crippen LogP contribution in [-0.4, -0.2) is 62.1 Å². The van der Waals surface area contributed by atoms with E-state index in [4.69, 9.17) is 4.74 Å². The maximum Gasteiger partial charge on any atom is 0.239 e. The average molecular weight is 255 g/mol. The van der Waals surface area contributed by atoms with Gasteiger partial charge in [-0.1, -0.05) is 0 Å². The van der Waals surface area contributed by atoms with Crippen LogP contribution in [0.25, 0.3) is 0 Å². The molecule has 2 aliphatic heterocycles. The minimum Gasteiger partial charge on any atom is -0.378 e. The Balaban J connectivity index is 1.62. The summed E-state index contributed by atoms with van der Waals surface area (Å²) in [5.41, 5.74) is 0. The normalized spacial score (nSPS) is 24.0. The zero-order valence-corrected chi connectivity index (χ0v) is 10.6. The van der Waals surface area contributed by atoms with Gasteiger partial charge in [0.1, 0.15) is 6.04 Å². The van der Waals surface area contributed by atoms with Crippen molar-refractivity contribution in [1.82, 2.24) is 15.5 Å². The number of hydrogen-bond donors (Lipinski definition) is 2. The van der Waals surface area contributed by atoms with Gasteiger partial charge in [0.05, 0.1) is 13.2 Å². The lowest BCUT2D eigenvalue weighted by atomic mass is 10.2. The molecule has 2 amide bonds. The molecule has 0 aromatic rings. The minimum absolute atomic E-state index is 0.0797. The van der Waals surface area contributed by atoms with E-state index in [-0.39, 0.29) is 17.9 Å². The number of morpholine rings is 1. The third-order valence-electron chi connectivity index (χ3n) is 3.34. The van der Waals surface area contributed by atoms with Crippen molar-refractivity contribution in [2.24, 2.45) is 0 Å². The zero-order chi connectivity index (χ0) is 12.8. The summed E-state index contributed by atoms with van der Waals surface area (Å²) >= 11 is 0. The highest BCUT2D eigenvalue weighted by Gasteiger charge is 2.21. The summed E-state index contributed by atoms with van der Waals surface area (Å²) in [6.07, 6.45) is 2.59. The molecule has 0 aromatic carbocycles. The molecule has 0 saturated carbocycles. The van der Waals surface area contributed by atoms with Gasteiger partial charge in [-0.05, 0) is 12.8 Å². The van der Waals surface area contributed by atoms with Gasteiger partial charge < -0.3 is 20.3 Å². The number of rotatable bonds is 4. The maximum atomic E-state index is 11.7. The lowest BCUT2D eigenvalue weighted by Gasteiger charge is -2.23. The highest BCUT2D eigenvalue weighted by molar-refractivity contribution is 5.83. The van der Waals surface area contributed by atoms with Crippen LogP contribution in [-0.2, 0) is 14.3 Å². The molecule has 18 heavy (non-hydrogen) atoms. The minimum atomic E-state index is -0.277. The number of ether oxygens (including phenoxy) is 1. The number of nitrogens with zero attached hydrogens (tertiary/aromatic N) is 1. The molecule has 1 unspecified atom stereocenters. The van der Waals surface area contributed by atoms with Crippen molar-refractivity contribution >= 4 is 11.8 Å². The summed E-state index contributed by atoms with van der Waals surface area (Å²) in [6.45, 7) is 3.90. The predicted octanol–water partition coefficient (Wildman–Crippen LogP) is -0.896. The van der Waals surface area contributed by atoms with Crippen LogP contribution in [0.2, 0.25) is 0 Å². The SMILES string of the molecule is O=C(NCCC(=O)N1CCCC1)C1COCCN1. The Labute approximate surface area is 107 Å². The first-order valence-electron chi connectivity index (χ1n) is 6.64. The number of nitrogens with one attached hydrogen (secondary N) is 2. The molecule has 1 atom stereocenters. The van der Waals surface area contributed by atoms with Crippen LogP contribution in [0.4, 0.5) is 0 Å². The van der Waals surface area contributed by atoms with Crippen LogP contribution >= 0.6 is 0 Å². The smallest absolute Gasteiger partial charge is 0.239 e. The first-order valence-corrected chi connectivity index (χ1v) is 6.64.